The van der Waals surface area contributed by atoms with Gasteiger partial charge in [-0.05, 0) is 25.8 Å². The summed E-state index contributed by atoms with van der Waals surface area (Å²) in [5.41, 5.74) is 7.85. The van der Waals surface area contributed by atoms with Crippen LogP contribution in [0.1, 0.15) is 35.6 Å². The average Bonchev–Trinajstić information content (AvgIpc) is 2.50. The van der Waals surface area contributed by atoms with E-state index in [4.69, 9.17) is 5.73 Å². The van der Waals surface area contributed by atoms with Crippen molar-refractivity contribution in [2.24, 2.45) is 18.2 Å². The molecule has 0 spiro atoms. The van der Waals surface area contributed by atoms with Crippen LogP contribution in [-0.2, 0) is 7.05 Å². The van der Waals surface area contributed by atoms with Gasteiger partial charge in [-0.1, -0.05) is 13.8 Å². The van der Waals surface area contributed by atoms with Gasteiger partial charge in [-0.3, -0.25) is 9.48 Å². The molecule has 0 saturated heterocycles. The molecule has 5 nitrogen and oxygen atoms in total. The first-order chi connectivity index (χ1) is 7.78. The third kappa shape index (κ3) is 3.06. The number of nitrogens with one attached hydrogen (secondary N) is 1. The lowest BCUT2D eigenvalue weighted by Gasteiger charge is -2.22. The molecule has 17 heavy (non-hydrogen) atoms. The van der Waals surface area contributed by atoms with Gasteiger partial charge in [-0.25, -0.2) is 0 Å². The van der Waals surface area contributed by atoms with Gasteiger partial charge in [0.15, 0.2) is 0 Å². The second-order valence-electron chi connectivity index (χ2n) is 5.22. The number of carbonyl (C=O) groups excluding carboxylic acids is 1. The zero-order chi connectivity index (χ0) is 13.2. The lowest BCUT2D eigenvalue weighted by molar-refractivity contribution is 0.0936. The molecular weight excluding hydrogens is 216 g/mol. The third-order valence-electron chi connectivity index (χ3n) is 3.02. The number of nitrogens with zero attached hydrogens (tertiary/aromatic N) is 2. The third-order valence-corrected chi connectivity index (χ3v) is 3.02. The number of aromatic nitrogens is 2. The highest BCUT2D eigenvalue weighted by Gasteiger charge is 2.21. The highest BCUT2D eigenvalue weighted by molar-refractivity contribution is 5.96. The summed E-state index contributed by atoms with van der Waals surface area (Å²) >= 11 is 0. The highest BCUT2D eigenvalue weighted by atomic mass is 16.1. The summed E-state index contributed by atoms with van der Waals surface area (Å²) in [6.07, 6.45) is 0. The summed E-state index contributed by atoms with van der Waals surface area (Å²) in [7, 11) is 1.84. The van der Waals surface area contributed by atoms with Gasteiger partial charge in [-0.2, -0.15) is 5.10 Å². The van der Waals surface area contributed by atoms with Crippen molar-refractivity contribution in [3.8, 4) is 0 Å². The van der Waals surface area contributed by atoms with E-state index in [-0.39, 0.29) is 11.3 Å². The van der Waals surface area contributed by atoms with Gasteiger partial charge in [0.05, 0.1) is 11.3 Å². The van der Waals surface area contributed by atoms with Crippen LogP contribution in [0.3, 0.4) is 0 Å². The predicted octanol–water partition coefficient (Wildman–Crippen LogP) is 0.752. The van der Waals surface area contributed by atoms with Gasteiger partial charge in [0, 0.05) is 19.3 Å². The molecule has 96 valence electrons. The summed E-state index contributed by atoms with van der Waals surface area (Å²) < 4.78 is 1.72. The second kappa shape index (κ2) is 4.87. The van der Waals surface area contributed by atoms with Gasteiger partial charge in [0.2, 0.25) is 0 Å². The fourth-order valence-corrected chi connectivity index (χ4v) is 1.58. The van der Waals surface area contributed by atoms with Crippen molar-refractivity contribution in [2.75, 3.05) is 13.1 Å². The van der Waals surface area contributed by atoms with Crippen molar-refractivity contribution < 1.29 is 4.79 Å². The first-order valence-electron chi connectivity index (χ1n) is 5.77. The van der Waals surface area contributed by atoms with Gasteiger partial charge >= 0.3 is 0 Å². The largest absolute Gasteiger partial charge is 0.351 e. The molecule has 0 radical (unpaired) electrons. The number of hydrogen-bond donors (Lipinski definition) is 2. The van der Waals surface area contributed by atoms with Crippen molar-refractivity contribution in [1.82, 2.24) is 15.1 Å². The summed E-state index contributed by atoms with van der Waals surface area (Å²) in [4.78, 5) is 12.1. The average molecular weight is 238 g/mol. The molecule has 0 aliphatic heterocycles. The van der Waals surface area contributed by atoms with Crippen LogP contribution in [0, 0.1) is 19.3 Å². The Hall–Kier alpha value is -1.36. The Kier molecular flexibility index (Phi) is 3.93. The van der Waals surface area contributed by atoms with E-state index in [0.717, 1.165) is 11.4 Å². The van der Waals surface area contributed by atoms with E-state index < -0.39 is 0 Å². The molecule has 0 aromatic carbocycles. The zero-order valence-corrected chi connectivity index (χ0v) is 11.3. The SMILES string of the molecule is Cc1nn(C)c(C)c1C(=O)NCC(C)(C)CN. The van der Waals surface area contributed by atoms with E-state index >= 15 is 0 Å². The molecule has 1 heterocycles. The fraction of sp³-hybridized carbons (Fsp3) is 0.667. The molecule has 0 aliphatic rings. The second-order valence-corrected chi connectivity index (χ2v) is 5.22. The van der Waals surface area contributed by atoms with Crippen molar-refractivity contribution in [3.05, 3.63) is 17.0 Å². The molecule has 0 atom stereocenters. The van der Waals surface area contributed by atoms with E-state index in [2.05, 4.69) is 10.4 Å². The van der Waals surface area contributed by atoms with Crippen molar-refractivity contribution >= 4 is 5.91 Å². The molecule has 0 unspecified atom stereocenters. The van der Waals surface area contributed by atoms with Crippen LogP contribution in [-0.4, -0.2) is 28.8 Å². The van der Waals surface area contributed by atoms with Gasteiger partial charge in [0.1, 0.15) is 0 Å². The Morgan fingerprint density at radius 3 is 2.47 bits per heavy atom. The standard InChI is InChI=1S/C12H22N4O/c1-8-10(9(2)16(5)15-8)11(17)14-7-12(3,4)6-13/h6-7,13H2,1-5H3,(H,14,17). The Bertz CT molecular complexity index is 420. The quantitative estimate of drug-likeness (QED) is 0.813. The number of nitrogens with two attached hydrogens (primary N) is 1. The molecular formula is C12H22N4O. The maximum atomic E-state index is 12.1. The van der Waals surface area contributed by atoms with Crippen LogP contribution in [0.4, 0.5) is 0 Å². The smallest absolute Gasteiger partial charge is 0.255 e. The molecule has 1 aromatic rings. The Labute approximate surface area is 102 Å². The highest BCUT2D eigenvalue weighted by Crippen LogP contribution is 2.14. The number of rotatable bonds is 4. The minimum Gasteiger partial charge on any atom is -0.351 e. The van der Waals surface area contributed by atoms with Gasteiger partial charge < -0.3 is 11.1 Å². The lowest BCUT2D eigenvalue weighted by atomic mass is 9.94. The Morgan fingerprint density at radius 1 is 1.47 bits per heavy atom. The number of aryl methyl sites for hydroxylation is 2. The molecule has 0 saturated carbocycles. The summed E-state index contributed by atoms with van der Waals surface area (Å²) in [6.45, 7) is 8.89. The normalized spacial score (nSPS) is 11.6. The van der Waals surface area contributed by atoms with Crippen LogP contribution >= 0.6 is 0 Å². The molecule has 1 aromatic heterocycles. The van der Waals surface area contributed by atoms with Crippen molar-refractivity contribution in [1.29, 1.82) is 0 Å². The maximum Gasteiger partial charge on any atom is 0.255 e. The molecule has 3 N–H and O–H groups in total. The minimum absolute atomic E-state index is 0.0744. The topological polar surface area (TPSA) is 72.9 Å². The van der Waals surface area contributed by atoms with Crippen molar-refractivity contribution in [3.63, 3.8) is 0 Å². The predicted molar refractivity (Wildman–Crippen MR) is 67.9 cm³/mol. The maximum absolute atomic E-state index is 12.1. The summed E-state index contributed by atoms with van der Waals surface area (Å²) in [5.74, 6) is -0.0744. The molecule has 1 amide bonds. The van der Waals surface area contributed by atoms with Crippen molar-refractivity contribution in [2.45, 2.75) is 27.7 Å². The molecule has 5 heteroatoms. The van der Waals surface area contributed by atoms with E-state index in [0.29, 0.717) is 18.7 Å². The summed E-state index contributed by atoms with van der Waals surface area (Å²) in [5, 5.41) is 7.14. The minimum atomic E-state index is -0.0837. The lowest BCUT2D eigenvalue weighted by Crippen LogP contribution is -2.38. The number of amides is 1. The Balaban J connectivity index is 2.78. The molecule has 0 aliphatic carbocycles. The van der Waals surface area contributed by atoms with E-state index in [1.54, 1.807) is 4.68 Å². The van der Waals surface area contributed by atoms with Gasteiger partial charge in [0.25, 0.3) is 5.91 Å². The molecule has 1 rings (SSSR count). The summed E-state index contributed by atoms with van der Waals surface area (Å²) in [6, 6.07) is 0. The van der Waals surface area contributed by atoms with Gasteiger partial charge in [-0.15, -0.1) is 0 Å². The first-order valence-corrected chi connectivity index (χ1v) is 5.77. The monoisotopic (exact) mass is 238 g/mol. The van der Waals surface area contributed by atoms with Crippen LogP contribution in [0.25, 0.3) is 0 Å². The van der Waals surface area contributed by atoms with E-state index in [1.165, 1.54) is 0 Å². The van der Waals surface area contributed by atoms with Crippen LogP contribution in [0.5, 0.6) is 0 Å². The van der Waals surface area contributed by atoms with Crippen LogP contribution in [0.15, 0.2) is 0 Å². The number of hydrogen-bond acceptors (Lipinski definition) is 3. The molecule has 0 fully saturated rings. The zero-order valence-electron chi connectivity index (χ0n) is 11.3. The van der Waals surface area contributed by atoms with Crippen LogP contribution < -0.4 is 11.1 Å². The van der Waals surface area contributed by atoms with Crippen LogP contribution in [0.2, 0.25) is 0 Å². The van der Waals surface area contributed by atoms with E-state index in [9.17, 15) is 4.79 Å². The number of carbonyl (C=O) groups is 1. The first kappa shape index (κ1) is 13.7. The fourth-order valence-electron chi connectivity index (χ4n) is 1.58. The Morgan fingerprint density at radius 2 is 2.06 bits per heavy atom. The molecule has 0 bridgehead atoms. The van der Waals surface area contributed by atoms with E-state index in [1.807, 2.05) is 34.7 Å².